The molecule has 1 amide bonds. The lowest BCUT2D eigenvalue weighted by molar-refractivity contribution is 0.1000. The second-order valence-corrected chi connectivity index (χ2v) is 7.49. The lowest BCUT2D eigenvalue weighted by Crippen LogP contribution is -2.10. The van der Waals surface area contributed by atoms with Crippen LogP contribution in [0.3, 0.4) is 0 Å². The van der Waals surface area contributed by atoms with Gasteiger partial charge in [0.25, 0.3) is 0 Å². The molecule has 0 spiro atoms. The van der Waals surface area contributed by atoms with Crippen molar-refractivity contribution in [1.29, 1.82) is 10.7 Å². The van der Waals surface area contributed by atoms with Crippen LogP contribution in [0.15, 0.2) is 66.9 Å². The normalized spacial score (nSPS) is 10.2. The van der Waals surface area contributed by atoms with Crippen molar-refractivity contribution in [3.05, 3.63) is 100 Å². The molecule has 4 rings (SSSR count). The van der Waals surface area contributed by atoms with E-state index in [0.29, 0.717) is 0 Å². The van der Waals surface area contributed by atoms with E-state index in [-0.39, 0.29) is 16.9 Å². The standard InChI is InChI=1S/C18H18N2.C8H6N2O2/c1-13-6-7-15(10-14(13)2)12-20-9-8-17-16(11-19)4-3-5-18(17)20;9-4-6-3-5(8(10)12)1-2-7(6)11/h3-11,19H,12H2,1-2H3;1-3,11H,(H2,10,12). The number of aromatic hydroxyl groups is 1. The molecule has 0 fully saturated rings. The van der Waals surface area contributed by atoms with Crippen molar-refractivity contribution in [3.63, 3.8) is 0 Å². The maximum atomic E-state index is 10.6. The van der Waals surface area contributed by atoms with Gasteiger partial charge in [-0.15, -0.1) is 0 Å². The highest BCUT2D eigenvalue weighted by molar-refractivity contribution is 5.98. The summed E-state index contributed by atoms with van der Waals surface area (Å²) in [6, 6.07) is 20.4. The van der Waals surface area contributed by atoms with Crippen molar-refractivity contribution in [2.75, 3.05) is 0 Å². The minimum absolute atomic E-state index is 0.0475. The van der Waals surface area contributed by atoms with Crippen molar-refractivity contribution in [1.82, 2.24) is 4.57 Å². The first-order valence-corrected chi connectivity index (χ1v) is 10.0. The number of carbonyl (C=O) groups excluding carboxylic acids is 1. The number of phenols is 1. The number of rotatable bonds is 4. The topological polar surface area (TPSA) is 116 Å². The van der Waals surface area contributed by atoms with E-state index in [1.165, 1.54) is 46.6 Å². The second-order valence-electron chi connectivity index (χ2n) is 7.49. The van der Waals surface area contributed by atoms with Gasteiger partial charge in [0.1, 0.15) is 11.8 Å². The number of nitriles is 1. The Labute approximate surface area is 186 Å². The van der Waals surface area contributed by atoms with Gasteiger partial charge in [0.05, 0.1) is 5.56 Å². The van der Waals surface area contributed by atoms with Crippen LogP contribution in [0, 0.1) is 30.6 Å². The van der Waals surface area contributed by atoms with E-state index in [1.807, 2.05) is 12.1 Å². The summed E-state index contributed by atoms with van der Waals surface area (Å²) in [6.07, 6.45) is 3.52. The summed E-state index contributed by atoms with van der Waals surface area (Å²) in [5.74, 6) is -0.769. The Balaban J connectivity index is 0.000000207. The van der Waals surface area contributed by atoms with Crippen LogP contribution in [-0.4, -0.2) is 21.8 Å². The molecule has 0 saturated carbocycles. The van der Waals surface area contributed by atoms with Gasteiger partial charge >= 0.3 is 0 Å². The Kier molecular flexibility index (Phi) is 6.71. The lowest BCUT2D eigenvalue weighted by atomic mass is 10.1. The third-order valence-corrected chi connectivity index (χ3v) is 5.33. The number of hydrogen-bond donors (Lipinski definition) is 3. The quantitative estimate of drug-likeness (QED) is 0.413. The van der Waals surface area contributed by atoms with E-state index in [1.54, 1.807) is 6.07 Å². The smallest absolute Gasteiger partial charge is 0.248 e. The first kappa shape index (κ1) is 22.3. The predicted octanol–water partition coefficient (Wildman–Crippen LogP) is 4.67. The fourth-order valence-electron chi connectivity index (χ4n) is 3.39. The number of amides is 1. The number of nitrogens with two attached hydrogens (primary N) is 1. The van der Waals surface area contributed by atoms with E-state index < -0.39 is 5.91 Å². The predicted molar refractivity (Wildman–Crippen MR) is 126 cm³/mol. The molecule has 6 heteroatoms. The molecule has 0 bridgehead atoms. The molecule has 1 heterocycles. The van der Waals surface area contributed by atoms with Gasteiger partial charge in [0, 0.05) is 41.0 Å². The fraction of sp³-hybridized carbons (Fsp3) is 0.115. The van der Waals surface area contributed by atoms with E-state index in [4.69, 9.17) is 21.5 Å². The van der Waals surface area contributed by atoms with Crippen molar-refractivity contribution >= 4 is 23.0 Å². The monoisotopic (exact) mass is 424 g/mol. The van der Waals surface area contributed by atoms with Gasteiger partial charge < -0.3 is 20.8 Å². The van der Waals surface area contributed by atoms with Crippen LogP contribution in [0.5, 0.6) is 5.75 Å². The van der Waals surface area contributed by atoms with E-state index in [2.05, 4.69) is 54.9 Å². The SMILES string of the molecule is Cc1ccc(Cn2ccc3c(C=N)cccc32)cc1C.N#Cc1cc(C(N)=O)ccc1O. The molecule has 6 nitrogen and oxygen atoms in total. The molecule has 0 saturated heterocycles. The zero-order chi connectivity index (χ0) is 23.3. The molecular formula is C26H24N4O2. The minimum Gasteiger partial charge on any atom is -0.507 e. The average molecular weight is 425 g/mol. The second kappa shape index (κ2) is 9.63. The van der Waals surface area contributed by atoms with Gasteiger partial charge in [-0.25, -0.2) is 0 Å². The molecule has 0 aliphatic carbocycles. The summed E-state index contributed by atoms with van der Waals surface area (Å²) < 4.78 is 2.24. The number of primary amides is 1. The van der Waals surface area contributed by atoms with Gasteiger partial charge in [0.15, 0.2) is 0 Å². The van der Waals surface area contributed by atoms with Gasteiger partial charge in [-0.3, -0.25) is 4.79 Å². The molecule has 0 unspecified atom stereocenters. The van der Waals surface area contributed by atoms with Crippen LogP contribution in [0.1, 0.15) is 38.2 Å². The largest absolute Gasteiger partial charge is 0.507 e. The molecular weight excluding hydrogens is 400 g/mol. The number of hydrogen-bond acceptors (Lipinski definition) is 4. The molecule has 32 heavy (non-hydrogen) atoms. The number of fused-ring (bicyclic) bond motifs is 1. The van der Waals surface area contributed by atoms with Crippen LogP contribution >= 0.6 is 0 Å². The van der Waals surface area contributed by atoms with Gasteiger partial charge in [-0.05, 0) is 60.9 Å². The maximum absolute atomic E-state index is 10.6. The zero-order valence-corrected chi connectivity index (χ0v) is 18.0. The highest BCUT2D eigenvalue weighted by Gasteiger charge is 2.06. The van der Waals surface area contributed by atoms with Crippen molar-refractivity contribution < 1.29 is 9.90 Å². The molecule has 0 radical (unpaired) electrons. The van der Waals surface area contributed by atoms with Crippen LogP contribution < -0.4 is 5.73 Å². The average Bonchev–Trinajstić information content (AvgIpc) is 3.20. The molecule has 1 aromatic heterocycles. The van der Waals surface area contributed by atoms with Crippen LogP contribution in [0.4, 0.5) is 0 Å². The molecule has 4 aromatic rings. The summed E-state index contributed by atoms with van der Waals surface area (Å²) in [7, 11) is 0. The fourth-order valence-corrected chi connectivity index (χ4v) is 3.39. The highest BCUT2D eigenvalue weighted by atomic mass is 16.3. The Morgan fingerprint density at radius 3 is 2.56 bits per heavy atom. The Bertz CT molecular complexity index is 1350. The molecule has 3 aromatic carbocycles. The van der Waals surface area contributed by atoms with Crippen molar-refractivity contribution in [2.45, 2.75) is 20.4 Å². The number of nitrogens with one attached hydrogen (secondary N) is 1. The van der Waals surface area contributed by atoms with Gasteiger partial charge in [-0.1, -0.05) is 30.3 Å². The van der Waals surface area contributed by atoms with Gasteiger partial charge in [-0.2, -0.15) is 5.26 Å². The Morgan fingerprint density at radius 1 is 1.12 bits per heavy atom. The minimum atomic E-state index is -0.619. The van der Waals surface area contributed by atoms with E-state index in [0.717, 1.165) is 17.5 Å². The summed E-state index contributed by atoms with van der Waals surface area (Å²) >= 11 is 0. The van der Waals surface area contributed by atoms with Crippen molar-refractivity contribution in [3.8, 4) is 11.8 Å². The zero-order valence-electron chi connectivity index (χ0n) is 18.0. The molecule has 0 aliphatic rings. The first-order chi connectivity index (χ1) is 15.3. The Morgan fingerprint density at radius 2 is 1.91 bits per heavy atom. The van der Waals surface area contributed by atoms with E-state index >= 15 is 0 Å². The van der Waals surface area contributed by atoms with Crippen LogP contribution in [-0.2, 0) is 6.54 Å². The Hall–Kier alpha value is -4.37. The maximum Gasteiger partial charge on any atom is 0.248 e. The number of carbonyl (C=O) groups is 1. The number of benzene rings is 3. The third-order valence-electron chi connectivity index (χ3n) is 5.33. The number of aryl methyl sites for hydroxylation is 2. The summed E-state index contributed by atoms with van der Waals surface area (Å²) in [5.41, 5.74) is 11.3. The van der Waals surface area contributed by atoms with Gasteiger partial charge in [0.2, 0.25) is 5.91 Å². The molecule has 4 N–H and O–H groups in total. The molecule has 0 atom stereocenters. The molecule has 160 valence electrons. The van der Waals surface area contributed by atoms with Crippen molar-refractivity contribution in [2.24, 2.45) is 5.73 Å². The molecule has 0 aliphatic heterocycles. The van der Waals surface area contributed by atoms with Crippen LogP contribution in [0.2, 0.25) is 0 Å². The number of aromatic nitrogens is 1. The first-order valence-electron chi connectivity index (χ1n) is 10.0. The third kappa shape index (κ3) is 4.85. The number of phenolic OH excluding ortho intramolecular Hbond substituents is 1. The highest BCUT2D eigenvalue weighted by Crippen LogP contribution is 2.21. The summed E-state index contributed by atoms with van der Waals surface area (Å²) in [5, 5.41) is 26.1. The summed E-state index contributed by atoms with van der Waals surface area (Å²) in [6.45, 7) is 5.16. The summed E-state index contributed by atoms with van der Waals surface area (Å²) in [4.78, 5) is 10.6. The van der Waals surface area contributed by atoms with Crippen LogP contribution in [0.25, 0.3) is 10.9 Å². The number of nitrogens with zero attached hydrogens (tertiary/aromatic N) is 2. The lowest BCUT2D eigenvalue weighted by Gasteiger charge is -2.08. The van der Waals surface area contributed by atoms with E-state index in [9.17, 15) is 4.79 Å².